The molecule has 2 aromatic rings. The smallest absolute Gasteiger partial charge is 0.237 e. The van der Waals surface area contributed by atoms with Crippen molar-refractivity contribution >= 4 is 5.91 Å². The molecule has 1 amide bonds. The average molecular weight is 308 g/mol. The number of carbonyl (C=O) groups excluding carboxylic acids is 1. The minimum Gasteiger partial charge on any atom is -0.348 e. The highest BCUT2D eigenvalue weighted by Gasteiger charge is 2.24. The lowest BCUT2D eigenvalue weighted by Crippen LogP contribution is -2.48. The van der Waals surface area contributed by atoms with Crippen molar-refractivity contribution < 1.29 is 4.79 Å². The second kappa shape index (κ2) is 6.97. The van der Waals surface area contributed by atoms with Crippen LogP contribution in [0.3, 0.4) is 0 Å². The number of hydrogen-bond acceptors (Lipinski definition) is 2. The van der Waals surface area contributed by atoms with Crippen LogP contribution in [0.4, 0.5) is 0 Å². The lowest BCUT2D eigenvalue weighted by atomic mass is 9.95. The third-order valence-corrected chi connectivity index (χ3v) is 4.64. The Kier molecular flexibility index (Phi) is 4.77. The van der Waals surface area contributed by atoms with Gasteiger partial charge in [-0.2, -0.15) is 0 Å². The molecule has 1 aliphatic rings. The van der Waals surface area contributed by atoms with E-state index in [2.05, 4.69) is 54.0 Å². The second-order valence-electron chi connectivity index (χ2n) is 6.23. The Bertz CT molecular complexity index is 678. The molecule has 2 aromatic carbocycles. The molecule has 23 heavy (non-hydrogen) atoms. The number of carbonyl (C=O) groups is 1. The van der Waals surface area contributed by atoms with E-state index in [0.29, 0.717) is 0 Å². The quantitative estimate of drug-likeness (QED) is 0.911. The van der Waals surface area contributed by atoms with Crippen LogP contribution in [0.2, 0.25) is 0 Å². The first-order valence-electron chi connectivity index (χ1n) is 8.36. The van der Waals surface area contributed by atoms with Crippen LogP contribution >= 0.6 is 0 Å². The third kappa shape index (κ3) is 3.62. The molecule has 0 bridgehead atoms. The van der Waals surface area contributed by atoms with Gasteiger partial charge in [0.2, 0.25) is 5.91 Å². The van der Waals surface area contributed by atoms with Gasteiger partial charge in [0.05, 0.1) is 12.1 Å². The Morgan fingerprint density at radius 1 is 1.17 bits per heavy atom. The maximum absolute atomic E-state index is 12.5. The van der Waals surface area contributed by atoms with Crippen molar-refractivity contribution in [2.45, 2.75) is 45.3 Å². The van der Waals surface area contributed by atoms with Gasteiger partial charge in [0.15, 0.2) is 0 Å². The Balaban J connectivity index is 1.62. The maximum Gasteiger partial charge on any atom is 0.237 e. The fourth-order valence-corrected chi connectivity index (χ4v) is 3.08. The Hall–Kier alpha value is -2.13. The van der Waals surface area contributed by atoms with E-state index in [4.69, 9.17) is 0 Å². The van der Waals surface area contributed by atoms with Gasteiger partial charge in [0.25, 0.3) is 0 Å². The summed E-state index contributed by atoms with van der Waals surface area (Å²) >= 11 is 0. The molecule has 1 aliphatic heterocycles. The van der Waals surface area contributed by atoms with E-state index in [-0.39, 0.29) is 18.0 Å². The van der Waals surface area contributed by atoms with Gasteiger partial charge in [-0.15, -0.1) is 0 Å². The van der Waals surface area contributed by atoms with Gasteiger partial charge in [-0.1, -0.05) is 55.5 Å². The molecule has 0 spiro atoms. The fraction of sp³-hybridized carbons (Fsp3) is 0.350. The minimum atomic E-state index is -0.151. The zero-order valence-electron chi connectivity index (χ0n) is 13.8. The molecule has 2 N–H and O–H groups in total. The first kappa shape index (κ1) is 15.8. The summed E-state index contributed by atoms with van der Waals surface area (Å²) in [5.74, 6) is 0.0755. The number of hydrogen-bond donors (Lipinski definition) is 2. The van der Waals surface area contributed by atoms with Crippen LogP contribution in [0, 0.1) is 0 Å². The van der Waals surface area contributed by atoms with Crippen molar-refractivity contribution in [1.29, 1.82) is 0 Å². The first-order chi connectivity index (χ1) is 11.2. The summed E-state index contributed by atoms with van der Waals surface area (Å²) in [6.07, 6.45) is 1.79. The summed E-state index contributed by atoms with van der Waals surface area (Å²) < 4.78 is 0. The van der Waals surface area contributed by atoms with Crippen LogP contribution in [0.5, 0.6) is 0 Å². The molecule has 0 aliphatic carbocycles. The molecular weight excluding hydrogens is 284 g/mol. The van der Waals surface area contributed by atoms with Crippen LogP contribution in [0.1, 0.15) is 42.1 Å². The Morgan fingerprint density at radius 2 is 1.87 bits per heavy atom. The number of fused-ring (bicyclic) bond motifs is 1. The standard InChI is InChI=1S/C20H24N2O/c1-3-15-8-10-16(11-9-15)14(2)22-20(23)19-12-17-6-4-5-7-18(17)13-21-19/h4-11,14,19,21H,3,12-13H2,1-2H3,(H,22,23). The molecule has 2 unspecified atom stereocenters. The van der Waals surface area contributed by atoms with E-state index < -0.39 is 0 Å². The largest absolute Gasteiger partial charge is 0.348 e. The SMILES string of the molecule is CCc1ccc(C(C)NC(=O)C2Cc3ccccc3CN2)cc1. The van der Waals surface area contributed by atoms with Crippen molar-refractivity contribution in [3.05, 3.63) is 70.8 Å². The van der Waals surface area contributed by atoms with E-state index in [1.165, 1.54) is 16.7 Å². The number of benzene rings is 2. The van der Waals surface area contributed by atoms with E-state index in [1.807, 2.05) is 19.1 Å². The van der Waals surface area contributed by atoms with Gasteiger partial charge in [0.1, 0.15) is 0 Å². The topological polar surface area (TPSA) is 41.1 Å². The number of nitrogens with one attached hydrogen (secondary N) is 2. The molecule has 120 valence electrons. The van der Waals surface area contributed by atoms with Gasteiger partial charge >= 0.3 is 0 Å². The number of amides is 1. The van der Waals surface area contributed by atoms with Crippen LogP contribution in [-0.4, -0.2) is 11.9 Å². The zero-order chi connectivity index (χ0) is 16.2. The summed E-state index contributed by atoms with van der Waals surface area (Å²) in [6.45, 7) is 4.94. The Labute approximate surface area is 138 Å². The van der Waals surface area contributed by atoms with Crippen molar-refractivity contribution in [2.24, 2.45) is 0 Å². The third-order valence-electron chi connectivity index (χ3n) is 4.64. The molecule has 3 heteroatoms. The first-order valence-corrected chi connectivity index (χ1v) is 8.36. The minimum absolute atomic E-state index is 0.0207. The molecule has 0 radical (unpaired) electrons. The summed E-state index contributed by atoms with van der Waals surface area (Å²) in [6, 6.07) is 16.7. The Morgan fingerprint density at radius 3 is 2.57 bits per heavy atom. The fourth-order valence-electron chi connectivity index (χ4n) is 3.08. The van der Waals surface area contributed by atoms with Crippen LogP contribution in [-0.2, 0) is 24.2 Å². The molecule has 2 atom stereocenters. The monoisotopic (exact) mass is 308 g/mol. The van der Waals surface area contributed by atoms with E-state index in [1.54, 1.807) is 0 Å². The number of rotatable bonds is 4. The second-order valence-corrected chi connectivity index (χ2v) is 6.23. The lowest BCUT2D eigenvalue weighted by Gasteiger charge is -2.26. The molecule has 3 nitrogen and oxygen atoms in total. The molecule has 0 saturated heterocycles. The molecule has 0 aromatic heterocycles. The summed E-state index contributed by atoms with van der Waals surface area (Å²) in [5.41, 5.74) is 5.02. The average Bonchev–Trinajstić information content (AvgIpc) is 2.61. The van der Waals surface area contributed by atoms with Crippen molar-refractivity contribution in [3.63, 3.8) is 0 Å². The van der Waals surface area contributed by atoms with Crippen LogP contribution in [0.25, 0.3) is 0 Å². The van der Waals surface area contributed by atoms with Crippen molar-refractivity contribution in [2.75, 3.05) is 0 Å². The molecule has 0 saturated carbocycles. The van der Waals surface area contributed by atoms with Gasteiger partial charge in [-0.3, -0.25) is 4.79 Å². The lowest BCUT2D eigenvalue weighted by molar-refractivity contribution is -0.124. The maximum atomic E-state index is 12.5. The normalized spacial score (nSPS) is 18.1. The molecule has 1 heterocycles. The molecule has 3 rings (SSSR count). The highest BCUT2D eigenvalue weighted by atomic mass is 16.2. The predicted octanol–water partition coefficient (Wildman–Crippen LogP) is 3.14. The summed E-state index contributed by atoms with van der Waals surface area (Å²) in [4.78, 5) is 12.5. The summed E-state index contributed by atoms with van der Waals surface area (Å²) in [5, 5.41) is 6.47. The van der Waals surface area contributed by atoms with Gasteiger partial charge in [-0.25, -0.2) is 0 Å². The highest BCUT2D eigenvalue weighted by Crippen LogP contribution is 2.18. The predicted molar refractivity (Wildman–Crippen MR) is 93.2 cm³/mol. The summed E-state index contributed by atoms with van der Waals surface area (Å²) in [7, 11) is 0. The number of aryl methyl sites for hydroxylation is 1. The zero-order valence-corrected chi connectivity index (χ0v) is 13.8. The van der Waals surface area contributed by atoms with E-state index >= 15 is 0 Å². The van der Waals surface area contributed by atoms with Crippen LogP contribution in [0.15, 0.2) is 48.5 Å². The van der Waals surface area contributed by atoms with Gasteiger partial charge in [-0.05, 0) is 42.0 Å². The van der Waals surface area contributed by atoms with Gasteiger partial charge in [0, 0.05) is 6.54 Å². The van der Waals surface area contributed by atoms with E-state index in [9.17, 15) is 4.79 Å². The highest BCUT2D eigenvalue weighted by molar-refractivity contribution is 5.82. The van der Waals surface area contributed by atoms with E-state index in [0.717, 1.165) is 24.9 Å². The van der Waals surface area contributed by atoms with Crippen molar-refractivity contribution in [1.82, 2.24) is 10.6 Å². The van der Waals surface area contributed by atoms with Crippen molar-refractivity contribution in [3.8, 4) is 0 Å². The molecular formula is C20H24N2O. The van der Waals surface area contributed by atoms with Crippen LogP contribution < -0.4 is 10.6 Å². The molecule has 0 fully saturated rings. The van der Waals surface area contributed by atoms with Gasteiger partial charge < -0.3 is 10.6 Å².